The first-order valence-corrected chi connectivity index (χ1v) is 5.14. The Labute approximate surface area is 87.4 Å². The average Bonchev–Trinajstić information content (AvgIpc) is 2.61. The van der Waals surface area contributed by atoms with Crippen molar-refractivity contribution in [2.75, 3.05) is 6.61 Å². The summed E-state index contributed by atoms with van der Waals surface area (Å²) in [5.74, 6) is 0.177. The minimum absolute atomic E-state index is 0.161. The van der Waals surface area contributed by atoms with Gasteiger partial charge < -0.3 is 0 Å². The molecule has 0 saturated heterocycles. The van der Waals surface area contributed by atoms with E-state index in [0.717, 1.165) is 6.42 Å². The van der Waals surface area contributed by atoms with Gasteiger partial charge in [-0.15, -0.1) is 0 Å². The molecule has 0 saturated carbocycles. The van der Waals surface area contributed by atoms with Crippen molar-refractivity contribution in [1.29, 1.82) is 0 Å². The van der Waals surface area contributed by atoms with Crippen molar-refractivity contribution in [2.24, 2.45) is 0 Å². The van der Waals surface area contributed by atoms with Crippen LogP contribution >= 0.6 is 0 Å². The molecule has 2 aromatic rings. The summed E-state index contributed by atoms with van der Waals surface area (Å²) in [5, 5.41) is 2.54. The number of halogens is 1. The summed E-state index contributed by atoms with van der Waals surface area (Å²) in [7, 11) is 0. The van der Waals surface area contributed by atoms with Crippen LogP contribution in [0, 0.1) is 0 Å². The largest absolute Gasteiger partial charge is 0.194 e. The van der Waals surface area contributed by atoms with Crippen LogP contribution in [0.3, 0.4) is 0 Å². The highest BCUT2D eigenvalue weighted by atomic mass is 19.3. The van der Waals surface area contributed by atoms with Crippen molar-refractivity contribution in [3.8, 4) is 0 Å². The quantitative estimate of drug-likeness (QED) is 0.725. The fraction of sp³-hybridized carbons (Fsp3) is 0.231. The second-order valence-corrected chi connectivity index (χ2v) is 4.04. The molecule has 1 nitrogen and oxygen atoms in total. The molecule has 0 aliphatic heterocycles. The van der Waals surface area contributed by atoms with E-state index >= 15 is 0 Å². The second kappa shape index (κ2) is 3.31. The number of rotatable bonds is 2. The van der Waals surface area contributed by atoms with E-state index in [4.69, 9.17) is 0 Å². The molecule has 3 rings (SSSR count). The third-order valence-electron chi connectivity index (χ3n) is 3.19. The summed E-state index contributed by atoms with van der Waals surface area (Å²) in [6.07, 6.45) is 0.889. The first kappa shape index (κ1) is 8.86. The molecule has 0 spiro atoms. The van der Waals surface area contributed by atoms with Gasteiger partial charge in [0, 0.05) is 5.92 Å². The van der Waals surface area contributed by atoms with Crippen molar-refractivity contribution in [2.45, 2.75) is 12.3 Å². The lowest BCUT2D eigenvalue weighted by atomic mass is 10.0. The Hall–Kier alpha value is -1.41. The van der Waals surface area contributed by atoms with E-state index in [1.807, 2.05) is 6.07 Å². The Morgan fingerprint density at radius 1 is 1.20 bits per heavy atom. The van der Waals surface area contributed by atoms with Crippen LogP contribution in [0.25, 0.3) is 10.8 Å². The molecule has 0 radical (unpaired) electrons. The Kier molecular flexibility index (Phi) is 1.96. The van der Waals surface area contributed by atoms with Crippen molar-refractivity contribution in [1.82, 2.24) is 0 Å². The fourth-order valence-electron chi connectivity index (χ4n) is 2.56. The maximum atomic E-state index is 12.0. The van der Waals surface area contributed by atoms with Crippen LogP contribution in [-0.2, 0) is 11.4 Å². The number of benzene rings is 2. The molecule has 0 bridgehead atoms. The Bertz CT molecular complexity index is 502. The van der Waals surface area contributed by atoms with Gasteiger partial charge in [0.25, 0.3) is 0 Å². The smallest absolute Gasteiger partial charge is 0.0948 e. The minimum Gasteiger partial charge on any atom is -0.194 e. The zero-order valence-corrected chi connectivity index (χ0v) is 8.24. The molecule has 0 amide bonds. The van der Waals surface area contributed by atoms with Gasteiger partial charge in [0.05, 0.1) is 6.61 Å². The average molecular weight is 202 g/mol. The molecule has 1 aliphatic carbocycles. The molecule has 0 fully saturated rings. The standard InChI is InChI=1S/C13H11FO/c14-15-8-11-7-10-5-1-3-9-4-2-6-12(11)13(9)10/h1-6,11H,7-8H2. The van der Waals surface area contributed by atoms with Crippen LogP contribution < -0.4 is 0 Å². The molecule has 0 heterocycles. The van der Waals surface area contributed by atoms with Gasteiger partial charge in [-0.1, -0.05) is 36.4 Å². The molecule has 2 aromatic carbocycles. The van der Waals surface area contributed by atoms with Gasteiger partial charge in [-0.25, -0.2) is 0 Å². The first-order chi connectivity index (χ1) is 7.40. The van der Waals surface area contributed by atoms with E-state index in [9.17, 15) is 4.53 Å². The summed E-state index contributed by atoms with van der Waals surface area (Å²) in [5.41, 5.74) is 2.53. The highest BCUT2D eigenvalue weighted by Crippen LogP contribution is 2.38. The van der Waals surface area contributed by atoms with E-state index in [1.165, 1.54) is 21.9 Å². The predicted octanol–water partition coefficient (Wildman–Crippen LogP) is 3.38. The molecule has 2 heteroatoms. The Morgan fingerprint density at radius 3 is 2.80 bits per heavy atom. The highest BCUT2D eigenvalue weighted by molar-refractivity contribution is 5.91. The van der Waals surface area contributed by atoms with Gasteiger partial charge in [0.1, 0.15) is 0 Å². The van der Waals surface area contributed by atoms with E-state index in [2.05, 4.69) is 35.3 Å². The van der Waals surface area contributed by atoms with Gasteiger partial charge >= 0.3 is 0 Å². The van der Waals surface area contributed by atoms with Gasteiger partial charge in [-0.3, -0.25) is 0 Å². The summed E-state index contributed by atoms with van der Waals surface area (Å²) < 4.78 is 12.0. The van der Waals surface area contributed by atoms with Crippen LogP contribution in [0.4, 0.5) is 4.53 Å². The van der Waals surface area contributed by atoms with Crippen LogP contribution in [-0.4, -0.2) is 6.61 Å². The highest BCUT2D eigenvalue weighted by Gasteiger charge is 2.24. The van der Waals surface area contributed by atoms with Crippen molar-refractivity contribution < 1.29 is 9.47 Å². The zero-order valence-electron chi connectivity index (χ0n) is 8.24. The molecular formula is C13H11FO. The lowest BCUT2D eigenvalue weighted by molar-refractivity contribution is -0.136. The Balaban J connectivity index is 2.22. The SMILES string of the molecule is FOCC1Cc2cccc3cccc1c23. The summed E-state index contributed by atoms with van der Waals surface area (Å²) in [4.78, 5) is 3.79. The minimum atomic E-state index is 0.161. The van der Waals surface area contributed by atoms with Gasteiger partial charge in [0.15, 0.2) is 0 Å². The molecule has 0 aromatic heterocycles. The fourth-order valence-corrected chi connectivity index (χ4v) is 2.56. The van der Waals surface area contributed by atoms with Gasteiger partial charge in [0.2, 0.25) is 0 Å². The molecule has 1 atom stereocenters. The predicted molar refractivity (Wildman–Crippen MR) is 57.5 cm³/mol. The lowest BCUT2D eigenvalue weighted by Crippen LogP contribution is -2.02. The van der Waals surface area contributed by atoms with Crippen LogP contribution in [0.5, 0.6) is 0 Å². The molecule has 15 heavy (non-hydrogen) atoms. The van der Waals surface area contributed by atoms with Crippen molar-refractivity contribution >= 4 is 10.8 Å². The van der Waals surface area contributed by atoms with Crippen LogP contribution in [0.15, 0.2) is 36.4 Å². The molecule has 1 unspecified atom stereocenters. The topological polar surface area (TPSA) is 9.23 Å². The van der Waals surface area contributed by atoms with Crippen molar-refractivity contribution in [3.05, 3.63) is 47.5 Å². The van der Waals surface area contributed by atoms with E-state index < -0.39 is 0 Å². The Morgan fingerprint density at radius 2 is 2.00 bits per heavy atom. The van der Waals surface area contributed by atoms with Crippen LogP contribution in [0.2, 0.25) is 0 Å². The molecular weight excluding hydrogens is 191 g/mol. The molecule has 0 N–H and O–H groups in total. The van der Waals surface area contributed by atoms with E-state index in [1.54, 1.807) is 0 Å². The molecule has 76 valence electrons. The first-order valence-electron chi connectivity index (χ1n) is 5.14. The normalized spacial score (nSPS) is 18.6. The maximum Gasteiger partial charge on any atom is 0.0948 e. The summed E-state index contributed by atoms with van der Waals surface area (Å²) in [6, 6.07) is 12.5. The summed E-state index contributed by atoms with van der Waals surface area (Å²) in [6.45, 7) is 0.161. The maximum absolute atomic E-state index is 12.0. The van der Waals surface area contributed by atoms with Crippen LogP contribution in [0.1, 0.15) is 17.0 Å². The molecule has 1 aliphatic rings. The summed E-state index contributed by atoms with van der Waals surface area (Å²) >= 11 is 0. The monoisotopic (exact) mass is 202 g/mol. The number of hydrogen-bond donors (Lipinski definition) is 0. The third-order valence-corrected chi connectivity index (χ3v) is 3.19. The van der Waals surface area contributed by atoms with E-state index in [-0.39, 0.29) is 12.5 Å². The number of hydrogen-bond acceptors (Lipinski definition) is 1. The zero-order chi connectivity index (χ0) is 10.3. The second-order valence-electron chi connectivity index (χ2n) is 4.04. The third kappa shape index (κ3) is 1.25. The van der Waals surface area contributed by atoms with Gasteiger partial charge in [-0.2, -0.15) is 4.94 Å². The lowest BCUT2D eigenvalue weighted by Gasteiger charge is -2.07. The van der Waals surface area contributed by atoms with Crippen molar-refractivity contribution in [3.63, 3.8) is 0 Å². The van der Waals surface area contributed by atoms with Gasteiger partial charge in [-0.05, 0) is 32.8 Å². The van der Waals surface area contributed by atoms with E-state index in [0.29, 0.717) is 0 Å².